The molecule has 1 rings (SSSR count). The molecule has 1 aliphatic carbocycles. The Hall–Kier alpha value is -0.900. The van der Waals surface area contributed by atoms with Crippen molar-refractivity contribution in [1.82, 2.24) is 0 Å². The van der Waals surface area contributed by atoms with E-state index in [9.17, 15) is 9.59 Å². The van der Waals surface area contributed by atoms with Gasteiger partial charge in [-0.3, -0.25) is 9.59 Å². The summed E-state index contributed by atoms with van der Waals surface area (Å²) in [5, 5.41) is 0. The number of ether oxygens (including phenoxy) is 1. The van der Waals surface area contributed by atoms with Crippen LogP contribution < -0.4 is 5.73 Å². The first-order valence-electron chi connectivity index (χ1n) is 5.62. The molecule has 0 saturated heterocycles. The maximum absolute atomic E-state index is 10.9. The van der Waals surface area contributed by atoms with E-state index < -0.39 is 5.97 Å². The lowest BCUT2D eigenvalue weighted by Gasteiger charge is -2.27. The SMILES string of the molecule is NC(CCC(=O)OC=O)C1CCCCC1. The van der Waals surface area contributed by atoms with Gasteiger partial charge in [-0.25, -0.2) is 0 Å². The van der Waals surface area contributed by atoms with Crippen LogP contribution in [-0.2, 0) is 14.3 Å². The molecule has 15 heavy (non-hydrogen) atoms. The summed E-state index contributed by atoms with van der Waals surface area (Å²) >= 11 is 0. The Morgan fingerprint density at radius 1 is 1.40 bits per heavy atom. The maximum Gasteiger partial charge on any atom is 0.313 e. The van der Waals surface area contributed by atoms with Gasteiger partial charge in [0.2, 0.25) is 0 Å². The molecular formula is C11H19NO3. The number of hydrogen-bond acceptors (Lipinski definition) is 4. The summed E-state index contributed by atoms with van der Waals surface area (Å²) in [5.74, 6) is 0.0686. The molecular weight excluding hydrogens is 194 g/mol. The van der Waals surface area contributed by atoms with Crippen molar-refractivity contribution in [1.29, 1.82) is 0 Å². The predicted molar refractivity (Wildman–Crippen MR) is 55.9 cm³/mol. The molecule has 1 unspecified atom stereocenters. The van der Waals surface area contributed by atoms with Gasteiger partial charge in [-0.05, 0) is 25.2 Å². The van der Waals surface area contributed by atoms with Crippen LogP contribution in [0.1, 0.15) is 44.9 Å². The van der Waals surface area contributed by atoms with Crippen molar-refractivity contribution in [2.45, 2.75) is 51.0 Å². The fraction of sp³-hybridized carbons (Fsp3) is 0.818. The first-order chi connectivity index (χ1) is 7.24. The second-order valence-corrected chi connectivity index (χ2v) is 4.19. The zero-order chi connectivity index (χ0) is 11.1. The minimum Gasteiger partial charge on any atom is -0.395 e. The first kappa shape index (κ1) is 12.2. The zero-order valence-corrected chi connectivity index (χ0v) is 8.98. The monoisotopic (exact) mass is 213 g/mol. The minimum absolute atomic E-state index is 0.0736. The molecule has 1 atom stereocenters. The quantitative estimate of drug-likeness (QED) is 0.425. The van der Waals surface area contributed by atoms with Crippen LogP contribution in [0.4, 0.5) is 0 Å². The van der Waals surface area contributed by atoms with Gasteiger partial charge in [0.15, 0.2) is 0 Å². The van der Waals surface area contributed by atoms with Crippen LogP contribution in [0.5, 0.6) is 0 Å². The van der Waals surface area contributed by atoms with Gasteiger partial charge < -0.3 is 10.5 Å². The Labute approximate surface area is 90.2 Å². The van der Waals surface area contributed by atoms with Crippen molar-refractivity contribution in [2.24, 2.45) is 11.7 Å². The summed E-state index contributed by atoms with van der Waals surface area (Å²) in [4.78, 5) is 20.8. The van der Waals surface area contributed by atoms with Crippen molar-refractivity contribution in [3.8, 4) is 0 Å². The molecule has 0 aromatic heterocycles. The first-order valence-corrected chi connectivity index (χ1v) is 5.62. The van der Waals surface area contributed by atoms with Crippen molar-refractivity contribution in [3.63, 3.8) is 0 Å². The molecule has 0 aromatic rings. The lowest BCUT2D eigenvalue weighted by molar-refractivity contribution is -0.151. The summed E-state index contributed by atoms with van der Waals surface area (Å²) in [6, 6.07) is 0.0736. The van der Waals surface area contributed by atoms with Crippen molar-refractivity contribution >= 4 is 12.4 Å². The maximum atomic E-state index is 10.9. The lowest BCUT2D eigenvalue weighted by atomic mass is 9.83. The van der Waals surface area contributed by atoms with Gasteiger partial charge in [0.05, 0.1) is 0 Å². The van der Waals surface area contributed by atoms with Gasteiger partial charge >= 0.3 is 12.4 Å². The Kier molecular flexibility index (Phi) is 5.32. The van der Waals surface area contributed by atoms with Crippen LogP contribution in [0.3, 0.4) is 0 Å². The molecule has 0 aromatic carbocycles. The molecule has 0 bridgehead atoms. The summed E-state index contributed by atoms with van der Waals surface area (Å²) in [5.41, 5.74) is 6.00. The number of nitrogens with two attached hydrogens (primary N) is 1. The highest BCUT2D eigenvalue weighted by Crippen LogP contribution is 2.27. The summed E-state index contributed by atoms with van der Waals surface area (Å²) in [6.07, 6.45) is 7.01. The fourth-order valence-electron chi connectivity index (χ4n) is 2.20. The van der Waals surface area contributed by atoms with E-state index in [-0.39, 0.29) is 18.9 Å². The largest absolute Gasteiger partial charge is 0.395 e. The molecule has 0 aliphatic heterocycles. The normalized spacial score (nSPS) is 19.5. The molecule has 4 heteroatoms. The molecule has 1 fully saturated rings. The van der Waals surface area contributed by atoms with E-state index in [2.05, 4.69) is 4.74 Å². The standard InChI is InChI=1S/C11H19NO3/c12-10(6-7-11(14)15-8-13)9-4-2-1-3-5-9/h8-10H,1-7,12H2. The van der Waals surface area contributed by atoms with E-state index in [1.165, 1.54) is 32.1 Å². The lowest BCUT2D eigenvalue weighted by Crippen LogP contribution is -2.32. The minimum atomic E-state index is -0.476. The smallest absolute Gasteiger partial charge is 0.313 e. The average Bonchev–Trinajstić information content (AvgIpc) is 2.27. The molecule has 0 heterocycles. The van der Waals surface area contributed by atoms with Crippen LogP contribution in [0.15, 0.2) is 0 Å². The van der Waals surface area contributed by atoms with Gasteiger partial charge in [0, 0.05) is 12.5 Å². The van der Waals surface area contributed by atoms with Crippen molar-refractivity contribution < 1.29 is 14.3 Å². The molecule has 86 valence electrons. The van der Waals surface area contributed by atoms with Gasteiger partial charge in [-0.15, -0.1) is 0 Å². The van der Waals surface area contributed by atoms with Crippen molar-refractivity contribution in [3.05, 3.63) is 0 Å². The van der Waals surface area contributed by atoms with Crippen LogP contribution in [0.2, 0.25) is 0 Å². The molecule has 0 amide bonds. The Balaban J connectivity index is 2.19. The van der Waals surface area contributed by atoms with E-state index in [1.54, 1.807) is 0 Å². The molecule has 2 N–H and O–H groups in total. The third-order valence-corrected chi connectivity index (χ3v) is 3.12. The Bertz CT molecular complexity index is 212. The number of hydrogen-bond donors (Lipinski definition) is 1. The van der Waals surface area contributed by atoms with E-state index in [4.69, 9.17) is 5.73 Å². The predicted octanol–water partition coefficient (Wildman–Crippen LogP) is 1.37. The van der Waals surface area contributed by atoms with E-state index >= 15 is 0 Å². The van der Waals surface area contributed by atoms with Crippen LogP contribution in [0.25, 0.3) is 0 Å². The topological polar surface area (TPSA) is 69.4 Å². The number of esters is 1. The second kappa shape index (κ2) is 6.56. The van der Waals surface area contributed by atoms with Gasteiger partial charge in [0.1, 0.15) is 0 Å². The number of carbonyl (C=O) groups is 2. The van der Waals surface area contributed by atoms with Crippen molar-refractivity contribution in [2.75, 3.05) is 0 Å². The molecule has 4 nitrogen and oxygen atoms in total. The highest BCUT2D eigenvalue weighted by atomic mass is 16.6. The third kappa shape index (κ3) is 4.42. The summed E-state index contributed by atoms with van der Waals surface area (Å²) in [6.45, 7) is 0.175. The van der Waals surface area contributed by atoms with Gasteiger partial charge in [-0.1, -0.05) is 19.3 Å². The number of rotatable bonds is 5. The molecule has 0 radical (unpaired) electrons. The van der Waals surface area contributed by atoms with E-state index in [0.717, 1.165) is 0 Å². The van der Waals surface area contributed by atoms with E-state index in [0.29, 0.717) is 12.3 Å². The highest BCUT2D eigenvalue weighted by molar-refractivity contribution is 5.76. The highest BCUT2D eigenvalue weighted by Gasteiger charge is 2.21. The molecule has 1 aliphatic rings. The van der Waals surface area contributed by atoms with Crippen LogP contribution in [0, 0.1) is 5.92 Å². The Morgan fingerprint density at radius 2 is 2.07 bits per heavy atom. The zero-order valence-electron chi connectivity index (χ0n) is 8.98. The third-order valence-electron chi connectivity index (χ3n) is 3.12. The van der Waals surface area contributed by atoms with Crippen LogP contribution in [-0.4, -0.2) is 18.5 Å². The van der Waals surface area contributed by atoms with Gasteiger partial charge in [0.25, 0.3) is 0 Å². The fourth-order valence-corrected chi connectivity index (χ4v) is 2.20. The average molecular weight is 213 g/mol. The Morgan fingerprint density at radius 3 is 2.67 bits per heavy atom. The number of carbonyl (C=O) groups excluding carboxylic acids is 2. The van der Waals surface area contributed by atoms with E-state index in [1.807, 2.05) is 0 Å². The summed E-state index contributed by atoms with van der Waals surface area (Å²) in [7, 11) is 0. The summed E-state index contributed by atoms with van der Waals surface area (Å²) < 4.78 is 4.20. The molecule has 0 spiro atoms. The van der Waals surface area contributed by atoms with Gasteiger partial charge in [-0.2, -0.15) is 0 Å². The van der Waals surface area contributed by atoms with Crippen LogP contribution >= 0.6 is 0 Å². The molecule has 1 saturated carbocycles. The second-order valence-electron chi connectivity index (χ2n) is 4.19.